The molecule has 1 unspecified atom stereocenters. The molecule has 3 rings (SSSR count). The Balaban J connectivity index is 1.58. The molecule has 1 aliphatic rings. The van der Waals surface area contributed by atoms with E-state index in [1.54, 1.807) is 12.1 Å². The second-order valence-electron chi connectivity index (χ2n) is 6.64. The lowest BCUT2D eigenvalue weighted by Gasteiger charge is -2.30. The summed E-state index contributed by atoms with van der Waals surface area (Å²) in [5.41, 5.74) is 7.32. The second kappa shape index (κ2) is 8.50. The Morgan fingerprint density at radius 1 is 1.28 bits per heavy atom. The number of nitrogens with one attached hydrogen (secondary N) is 1. The summed E-state index contributed by atoms with van der Waals surface area (Å²) in [5.74, 6) is 0.920. The third-order valence-corrected chi connectivity index (χ3v) is 5.06. The van der Waals surface area contributed by atoms with E-state index in [-0.39, 0.29) is 18.4 Å². The van der Waals surface area contributed by atoms with Gasteiger partial charge >= 0.3 is 0 Å². The number of rotatable bonds is 6. The summed E-state index contributed by atoms with van der Waals surface area (Å²) >= 11 is 5.89. The van der Waals surface area contributed by atoms with Gasteiger partial charge in [-0.25, -0.2) is 4.98 Å². The zero-order valence-corrected chi connectivity index (χ0v) is 15.0. The van der Waals surface area contributed by atoms with E-state index in [1.807, 2.05) is 12.1 Å². The summed E-state index contributed by atoms with van der Waals surface area (Å²) in [4.78, 5) is 16.7. The highest BCUT2D eigenvalue weighted by Crippen LogP contribution is 2.26. The van der Waals surface area contributed by atoms with Gasteiger partial charge in [-0.15, -0.1) is 0 Å². The number of halogens is 1. The van der Waals surface area contributed by atoms with Crippen LogP contribution in [0.5, 0.6) is 0 Å². The van der Waals surface area contributed by atoms with Crippen LogP contribution in [0, 0.1) is 5.92 Å². The number of nitrogens with two attached hydrogens (primary N) is 1. The van der Waals surface area contributed by atoms with Crippen LogP contribution in [0.4, 0.5) is 0 Å². The molecule has 1 aromatic heterocycles. The van der Waals surface area contributed by atoms with Crippen molar-refractivity contribution in [2.75, 3.05) is 6.54 Å². The van der Waals surface area contributed by atoms with Crippen LogP contribution in [0.25, 0.3) is 11.5 Å². The van der Waals surface area contributed by atoms with Crippen LogP contribution in [0.15, 0.2) is 34.9 Å². The first-order valence-corrected chi connectivity index (χ1v) is 9.23. The Bertz CT molecular complexity index is 693. The minimum atomic E-state index is -0.0584. The van der Waals surface area contributed by atoms with E-state index < -0.39 is 0 Å². The number of hydrogen-bond donors (Lipinski definition) is 2. The Morgan fingerprint density at radius 3 is 2.68 bits per heavy atom. The van der Waals surface area contributed by atoms with Gasteiger partial charge in [0, 0.05) is 23.2 Å². The predicted octanol–water partition coefficient (Wildman–Crippen LogP) is 3.56. The molecule has 3 N–H and O–H groups in total. The minimum Gasteiger partial charge on any atom is -0.444 e. The Labute approximate surface area is 153 Å². The SMILES string of the molecule is NCC(NC(=O)Cc1coc(-c2ccc(Cl)cc2)n1)C1CCCCC1. The van der Waals surface area contributed by atoms with Crippen molar-refractivity contribution < 1.29 is 9.21 Å². The molecule has 0 spiro atoms. The number of oxazole rings is 1. The summed E-state index contributed by atoms with van der Waals surface area (Å²) < 4.78 is 5.48. The molecular weight excluding hydrogens is 338 g/mol. The second-order valence-corrected chi connectivity index (χ2v) is 7.07. The van der Waals surface area contributed by atoms with Crippen molar-refractivity contribution in [2.45, 2.75) is 44.6 Å². The lowest BCUT2D eigenvalue weighted by molar-refractivity contribution is -0.121. The molecule has 1 fully saturated rings. The van der Waals surface area contributed by atoms with Crippen molar-refractivity contribution >= 4 is 17.5 Å². The zero-order valence-electron chi connectivity index (χ0n) is 14.2. The standard InChI is InChI=1S/C19H24ClN3O2/c20-15-8-6-14(7-9-15)19-22-16(12-25-19)10-18(24)23-17(11-21)13-4-2-1-3-5-13/h6-9,12-13,17H,1-5,10-11,21H2,(H,23,24). The highest BCUT2D eigenvalue weighted by Gasteiger charge is 2.24. The zero-order chi connectivity index (χ0) is 17.6. The summed E-state index contributed by atoms with van der Waals surface area (Å²) in [5, 5.41) is 3.74. The molecule has 5 nitrogen and oxygen atoms in total. The van der Waals surface area contributed by atoms with Gasteiger partial charge in [-0.05, 0) is 43.0 Å². The van der Waals surface area contributed by atoms with Gasteiger partial charge in [0.05, 0.1) is 12.1 Å². The van der Waals surface area contributed by atoms with Gasteiger partial charge in [0.25, 0.3) is 0 Å². The number of aromatic nitrogens is 1. The van der Waals surface area contributed by atoms with Crippen molar-refractivity contribution in [3.63, 3.8) is 0 Å². The normalized spacial score (nSPS) is 16.6. The molecule has 1 amide bonds. The molecular formula is C19H24ClN3O2. The molecule has 134 valence electrons. The minimum absolute atomic E-state index is 0.0513. The van der Waals surface area contributed by atoms with Gasteiger partial charge < -0.3 is 15.5 Å². The fraction of sp³-hybridized carbons (Fsp3) is 0.474. The number of amides is 1. The summed E-state index contributed by atoms with van der Waals surface area (Å²) in [7, 11) is 0. The van der Waals surface area contributed by atoms with Gasteiger partial charge in [0.2, 0.25) is 11.8 Å². The van der Waals surface area contributed by atoms with E-state index in [0.717, 1.165) is 18.4 Å². The average molecular weight is 362 g/mol. The maximum Gasteiger partial charge on any atom is 0.226 e. The van der Waals surface area contributed by atoms with Crippen molar-refractivity contribution in [1.29, 1.82) is 0 Å². The van der Waals surface area contributed by atoms with Crippen LogP contribution < -0.4 is 11.1 Å². The first kappa shape index (κ1) is 18.0. The Morgan fingerprint density at radius 2 is 2.00 bits per heavy atom. The summed E-state index contributed by atoms with van der Waals surface area (Å²) in [6, 6.07) is 7.29. The van der Waals surface area contributed by atoms with Gasteiger partial charge in [-0.3, -0.25) is 4.79 Å². The van der Waals surface area contributed by atoms with Crippen LogP contribution in [-0.2, 0) is 11.2 Å². The lowest BCUT2D eigenvalue weighted by atomic mass is 9.84. The number of hydrogen-bond acceptors (Lipinski definition) is 4. The van der Waals surface area contributed by atoms with Gasteiger partial charge in [0.15, 0.2) is 0 Å². The van der Waals surface area contributed by atoms with E-state index in [4.69, 9.17) is 21.8 Å². The molecule has 25 heavy (non-hydrogen) atoms. The van der Waals surface area contributed by atoms with Crippen LogP contribution in [0.2, 0.25) is 5.02 Å². The first-order chi connectivity index (χ1) is 12.2. The van der Waals surface area contributed by atoms with Crippen LogP contribution in [0.3, 0.4) is 0 Å². The molecule has 0 bridgehead atoms. The molecule has 2 aromatic rings. The highest BCUT2D eigenvalue weighted by atomic mass is 35.5. The number of nitrogens with zero attached hydrogens (tertiary/aromatic N) is 1. The van der Waals surface area contributed by atoms with Crippen molar-refractivity contribution in [2.24, 2.45) is 11.7 Å². The summed E-state index contributed by atoms with van der Waals surface area (Å²) in [6.45, 7) is 0.477. The maximum atomic E-state index is 12.3. The highest BCUT2D eigenvalue weighted by molar-refractivity contribution is 6.30. The molecule has 1 saturated carbocycles. The number of benzene rings is 1. The Kier molecular flexibility index (Phi) is 6.10. The molecule has 6 heteroatoms. The quantitative estimate of drug-likeness (QED) is 0.824. The van der Waals surface area contributed by atoms with E-state index in [2.05, 4.69) is 10.3 Å². The van der Waals surface area contributed by atoms with Crippen LogP contribution in [-0.4, -0.2) is 23.5 Å². The monoisotopic (exact) mass is 361 g/mol. The molecule has 1 heterocycles. The third-order valence-electron chi connectivity index (χ3n) is 4.80. The molecule has 0 radical (unpaired) electrons. The molecule has 1 aliphatic carbocycles. The van der Waals surface area contributed by atoms with Gasteiger partial charge in [-0.1, -0.05) is 30.9 Å². The third kappa shape index (κ3) is 4.83. The number of carbonyl (C=O) groups is 1. The van der Waals surface area contributed by atoms with Crippen LogP contribution >= 0.6 is 11.6 Å². The van der Waals surface area contributed by atoms with E-state index in [0.29, 0.717) is 29.1 Å². The van der Waals surface area contributed by atoms with Crippen molar-refractivity contribution in [3.8, 4) is 11.5 Å². The fourth-order valence-corrected chi connectivity index (χ4v) is 3.57. The van der Waals surface area contributed by atoms with Crippen LogP contribution in [0.1, 0.15) is 37.8 Å². The van der Waals surface area contributed by atoms with Gasteiger partial charge in [0.1, 0.15) is 6.26 Å². The number of carbonyl (C=O) groups excluding carboxylic acids is 1. The predicted molar refractivity (Wildman–Crippen MR) is 98.2 cm³/mol. The molecule has 0 aliphatic heterocycles. The van der Waals surface area contributed by atoms with Crippen molar-refractivity contribution in [3.05, 3.63) is 41.2 Å². The first-order valence-electron chi connectivity index (χ1n) is 8.85. The average Bonchev–Trinajstić information content (AvgIpc) is 3.09. The largest absolute Gasteiger partial charge is 0.444 e. The van der Waals surface area contributed by atoms with E-state index in [1.165, 1.54) is 25.5 Å². The molecule has 1 aromatic carbocycles. The summed E-state index contributed by atoms with van der Waals surface area (Å²) in [6.07, 6.45) is 7.76. The lowest BCUT2D eigenvalue weighted by Crippen LogP contribution is -2.46. The fourth-order valence-electron chi connectivity index (χ4n) is 3.44. The molecule has 1 atom stereocenters. The maximum absolute atomic E-state index is 12.3. The van der Waals surface area contributed by atoms with E-state index in [9.17, 15) is 4.79 Å². The Hall–Kier alpha value is -1.85. The topological polar surface area (TPSA) is 81.1 Å². The van der Waals surface area contributed by atoms with Gasteiger partial charge in [-0.2, -0.15) is 0 Å². The smallest absolute Gasteiger partial charge is 0.226 e. The van der Waals surface area contributed by atoms with Crippen molar-refractivity contribution in [1.82, 2.24) is 10.3 Å². The molecule has 0 saturated heterocycles. The van der Waals surface area contributed by atoms with E-state index >= 15 is 0 Å².